The predicted molar refractivity (Wildman–Crippen MR) is 119 cm³/mol. The molecular formula is C24H34N4O2. The lowest BCUT2D eigenvalue weighted by atomic mass is 9.76. The van der Waals surface area contributed by atoms with Crippen molar-refractivity contribution in [1.29, 1.82) is 0 Å². The molecular weight excluding hydrogens is 376 g/mol. The number of fused-ring (bicyclic) bond motifs is 1. The normalized spacial score (nSPS) is 23.1. The van der Waals surface area contributed by atoms with E-state index < -0.39 is 0 Å². The van der Waals surface area contributed by atoms with Crippen LogP contribution in [0.3, 0.4) is 0 Å². The van der Waals surface area contributed by atoms with Crippen LogP contribution in [0, 0.1) is 5.41 Å². The molecule has 1 aromatic heterocycles. The highest BCUT2D eigenvalue weighted by Crippen LogP contribution is 2.38. The van der Waals surface area contributed by atoms with Crippen LogP contribution in [-0.4, -0.2) is 65.2 Å². The number of allylic oxidation sites excluding steroid dienone is 1. The number of imidazole rings is 1. The first kappa shape index (κ1) is 21.1. The minimum absolute atomic E-state index is 0.284. The predicted octanol–water partition coefficient (Wildman–Crippen LogP) is 3.63. The number of piperidine rings is 1. The Morgan fingerprint density at radius 3 is 2.87 bits per heavy atom. The summed E-state index contributed by atoms with van der Waals surface area (Å²) in [6.45, 7) is 8.93. The van der Waals surface area contributed by atoms with Gasteiger partial charge in [0.2, 0.25) is 5.91 Å². The monoisotopic (exact) mass is 410 g/mol. The van der Waals surface area contributed by atoms with Crippen molar-refractivity contribution in [2.75, 3.05) is 39.9 Å². The van der Waals surface area contributed by atoms with Crippen molar-refractivity contribution in [3.05, 3.63) is 42.2 Å². The molecule has 3 heterocycles. The van der Waals surface area contributed by atoms with Crippen molar-refractivity contribution in [2.45, 2.75) is 45.7 Å². The van der Waals surface area contributed by atoms with E-state index in [1.54, 1.807) is 7.11 Å². The van der Waals surface area contributed by atoms with Gasteiger partial charge in [0.25, 0.3) is 0 Å². The number of amides is 1. The Morgan fingerprint density at radius 1 is 1.23 bits per heavy atom. The van der Waals surface area contributed by atoms with E-state index in [0.29, 0.717) is 25.7 Å². The fourth-order valence-corrected chi connectivity index (χ4v) is 5.10. The van der Waals surface area contributed by atoms with Crippen molar-refractivity contribution in [1.82, 2.24) is 19.4 Å². The molecule has 1 spiro atoms. The van der Waals surface area contributed by atoms with Gasteiger partial charge in [-0.3, -0.25) is 9.69 Å². The molecule has 1 fully saturated rings. The highest BCUT2D eigenvalue weighted by molar-refractivity contribution is 5.84. The Morgan fingerprint density at radius 2 is 2.07 bits per heavy atom. The van der Waals surface area contributed by atoms with Gasteiger partial charge in [-0.25, -0.2) is 4.98 Å². The minimum Gasteiger partial charge on any atom is -0.383 e. The smallest absolute Gasteiger partial charge is 0.230 e. The van der Waals surface area contributed by atoms with Gasteiger partial charge < -0.3 is 14.2 Å². The van der Waals surface area contributed by atoms with Crippen LogP contribution in [0.25, 0.3) is 11.0 Å². The number of hydrogen-bond donors (Lipinski definition) is 0. The Balaban J connectivity index is 1.57. The fraction of sp³-hybridized carbons (Fsp3) is 0.583. The van der Waals surface area contributed by atoms with Crippen LogP contribution < -0.4 is 0 Å². The molecule has 4 rings (SSSR count). The Bertz CT molecular complexity index is 919. The lowest BCUT2D eigenvalue weighted by molar-refractivity contribution is -0.145. The molecule has 0 radical (unpaired) electrons. The molecule has 0 unspecified atom stereocenters. The largest absolute Gasteiger partial charge is 0.383 e. The Kier molecular flexibility index (Phi) is 6.25. The molecule has 1 saturated heterocycles. The van der Waals surface area contributed by atoms with Gasteiger partial charge >= 0.3 is 0 Å². The molecule has 162 valence electrons. The Labute approximate surface area is 179 Å². The second-order valence-corrected chi connectivity index (χ2v) is 8.99. The van der Waals surface area contributed by atoms with E-state index in [9.17, 15) is 4.79 Å². The summed E-state index contributed by atoms with van der Waals surface area (Å²) in [7, 11) is 1.69. The fourth-order valence-electron chi connectivity index (χ4n) is 5.10. The lowest BCUT2D eigenvalue weighted by Gasteiger charge is -2.42. The minimum atomic E-state index is -0.326. The van der Waals surface area contributed by atoms with Crippen molar-refractivity contribution in [3.63, 3.8) is 0 Å². The molecule has 1 amide bonds. The van der Waals surface area contributed by atoms with Crippen molar-refractivity contribution >= 4 is 16.9 Å². The summed E-state index contributed by atoms with van der Waals surface area (Å²) in [5.41, 5.74) is 1.91. The number of carbonyl (C=O) groups excluding carboxylic acids is 1. The number of para-hydroxylation sites is 2. The van der Waals surface area contributed by atoms with E-state index in [1.807, 2.05) is 11.0 Å². The first-order chi connectivity index (χ1) is 14.5. The maximum absolute atomic E-state index is 13.5. The van der Waals surface area contributed by atoms with Gasteiger partial charge in [-0.2, -0.15) is 0 Å². The average molecular weight is 411 g/mol. The molecule has 1 atom stereocenters. The molecule has 1 aromatic carbocycles. The maximum Gasteiger partial charge on any atom is 0.230 e. The second kappa shape index (κ2) is 8.90. The van der Waals surface area contributed by atoms with Gasteiger partial charge in [0.15, 0.2) is 0 Å². The zero-order valence-corrected chi connectivity index (χ0v) is 18.5. The third kappa shape index (κ3) is 4.03. The first-order valence-corrected chi connectivity index (χ1v) is 11.2. The van der Waals surface area contributed by atoms with E-state index in [4.69, 9.17) is 9.72 Å². The molecule has 2 aromatic rings. The average Bonchev–Trinajstić information content (AvgIpc) is 3.04. The number of ether oxygens (including phenoxy) is 1. The summed E-state index contributed by atoms with van der Waals surface area (Å²) in [5.74, 6) is 1.38. The van der Waals surface area contributed by atoms with Gasteiger partial charge in [-0.15, -0.1) is 0 Å². The SMILES string of the molecule is COCCN1CC=CC[C@@]2(CCCN(Cc3nc4ccccc4n3C(C)C)C2)C1=O. The first-order valence-electron chi connectivity index (χ1n) is 11.2. The molecule has 2 aliphatic rings. The number of rotatable bonds is 6. The summed E-state index contributed by atoms with van der Waals surface area (Å²) in [6, 6.07) is 8.70. The molecule has 0 aliphatic carbocycles. The van der Waals surface area contributed by atoms with Crippen LogP contribution in [0.15, 0.2) is 36.4 Å². The van der Waals surface area contributed by atoms with E-state index >= 15 is 0 Å². The number of methoxy groups -OCH3 is 1. The highest BCUT2D eigenvalue weighted by Gasteiger charge is 2.44. The third-order valence-electron chi connectivity index (χ3n) is 6.51. The van der Waals surface area contributed by atoms with Crippen LogP contribution in [0.2, 0.25) is 0 Å². The van der Waals surface area contributed by atoms with Crippen molar-refractivity contribution in [2.24, 2.45) is 5.41 Å². The highest BCUT2D eigenvalue weighted by atomic mass is 16.5. The summed E-state index contributed by atoms with van der Waals surface area (Å²) >= 11 is 0. The molecule has 6 nitrogen and oxygen atoms in total. The van der Waals surface area contributed by atoms with E-state index in [2.05, 4.69) is 53.7 Å². The maximum atomic E-state index is 13.5. The van der Waals surface area contributed by atoms with E-state index in [1.165, 1.54) is 5.52 Å². The van der Waals surface area contributed by atoms with Crippen LogP contribution >= 0.6 is 0 Å². The molecule has 0 bridgehead atoms. The van der Waals surface area contributed by atoms with Gasteiger partial charge in [0, 0.05) is 32.8 Å². The molecule has 0 N–H and O–H groups in total. The number of aromatic nitrogens is 2. The number of nitrogens with zero attached hydrogens (tertiary/aromatic N) is 4. The number of benzene rings is 1. The standard InChI is InChI=1S/C24H34N4O2/c1-19(2)28-21-10-5-4-9-20(21)25-22(28)17-26-13-8-12-24(18-26)11-6-7-14-27(23(24)29)15-16-30-3/h4-7,9-10,19H,8,11-18H2,1-3H3/t24-/m0/s1. The molecule has 0 saturated carbocycles. The number of hydrogen-bond acceptors (Lipinski definition) is 4. The van der Waals surface area contributed by atoms with Gasteiger partial charge in [0.1, 0.15) is 5.82 Å². The Hall–Kier alpha value is -2.18. The summed E-state index contributed by atoms with van der Waals surface area (Å²) in [6.07, 6.45) is 7.17. The zero-order valence-electron chi connectivity index (χ0n) is 18.5. The van der Waals surface area contributed by atoms with Gasteiger partial charge in [-0.05, 0) is 51.8 Å². The van der Waals surface area contributed by atoms with Gasteiger partial charge in [-0.1, -0.05) is 24.3 Å². The van der Waals surface area contributed by atoms with Crippen molar-refractivity contribution < 1.29 is 9.53 Å². The molecule has 6 heteroatoms. The van der Waals surface area contributed by atoms with Crippen LogP contribution in [-0.2, 0) is 16.1 Å². The van der Waals surface area contributed by atoms with Crippen LogP contribution in [0.1, 0.15) is 45.0 Å². The third-order valence-corrected chi connectivity index (χ3v) is 6.51. The van der Waals surface area contributed by atoms with Crippen molar-refractivity contribution in [3.8, 4) is 0 Å². The molecule has 2 aliphatic heterocycles. The number of likely N-dealkylation sites (tertiary alicyclic amines) is 1. The summed E-state index contributed by atoms with van der Waals surface area (Å²) < 4.78 is 7.58. The summed E-state index contributed by atoms with van der Waals surface area (Å²) in [4.78, 5) is 22.9. The van der Waals surface area contributed by atoms with E-state index in [-0.39, 0.29) is 11.3 Å². The van der Waals surface area contributed by atoms with E-state index in [0.717, 1.165) is 50.2 Å². The van der Waals surface area contributed by atoms with Crippen LogP contribution in [0.4, 0.5) is 0 Å². The topological polar surface area (TPSA) is 50.6 Å². The zero-order chi connectivity index (χ0) is 21.1. The second-order valence-electron chi connectivity index (χ2n) is 8.99. The van der Waals surface area contributed by atoms with Crippen LogP contribution in [0.5, 0.6) is 0 Å². The summed E-state index contributed by atoms with van der Waals surface area (Å²) in [5, 5.41) is 0. The number of carbonyl (C=O) groups is 1. The quantitative estimate of drug-likeness (QED) is 0.683. The van der Waals surface area contributed by atoms with Gasteiger partial charge in [0.05, 0.1) is 29.6 Å². The molecule has 30 heavy (non-hydrogen) atoms. The lowest BCUT2D eigenvalue weighted by Crippen LogP contribution is -2.52.